The summed E-state index contributed by atoms with van der Waals surface area (Å²) in [5.74, 6) is 0. The molecular weight excluding hydrogens is 168 g/mol. The highest BCUT2D eigenvalue weighted by molar-refractivity contribution is 6.69. The summed E-state index contributed by atoms with van der Waals surface area (Å²) in [5, 5.41) is 0. The van der Waals surface area contributed by atoms with Crippen LogP contribution in [-0.4, -0.2) is 20.7 Å². The van der Waals surface area contributed by atoms with Gasteiger partial charge in [-0.05, 0) is 39.4 Å². The Morgan fingerprint density at radius 2 is 2.00 bits per heavy atom. The van der Waals surface area contributed by atoms with Crippen molar-refractivity contribution >= 4 is 14.6 Å². The zero-order valence-corrected chi connectivity index (χ0v) is 9.59. The summed E-state index contributed by atoms with van der Waals surface area (Å²) in [7, 11) is -1.37. The van der Waals surface area contributed by atoms with Crippen molar-refractivity contribution in [1.29, 1.82) is 0 Å². The van der Waals surface area contributed by atoms with Gasteiger partial charge in [-0.1, -0.05) is 0 Å². The molecule has 0 aliphatic carbocycles. The first kappa shape index (κ1) is 11.8. The maximum absolute atomic E-state index is 10.0. The molecule has 0 saturated carbocycles. The van der Waals surface area contributed by atoms with Gasteiger partial charge in [0, 0.05) is 12.5 Å². The van der Waals surface area contributed by atoms with Crippen molar-refractivity contribution in [3.8, 4) is 0 Å². The van der Waals surface area contributed by atoms with Crippen molar-refractivity contribution in [2.75, 3.05) is 0 Å². The van der Waals surface area contributed by atoms with Crippen LogP contribution in [0.1, 0.15) is 26.2 Å². The summed E-state index contributed by atoms with van der Waals surface area (Å²) in [5.41, 5.74) is 0. The van der Waals surface area contributed by atoms with E-state index in [0.29, 0.717) is 12.5 Å². The standard InChI is InChI=1S/C9H20O2Si/c1-9(7-5-6-8-10)11-12(2,3)4/h8-9H,5-7H2,1-4H3/t9-/m0/s1. The van der Waals surface area contributed by atoms with Gasteiger partial charge in [0.15, 0.2) is 8.32 Å². The Kier molecular flexibility index (Phi) is 5.42. The number of carbonyl (C=O) groups excluding carboxylic acids is 1. The summed E-state index contributed by atoms with van der Waals surface area (Å²) in [4.78, 5) is 10.0. The number of carbonyl (C=O) groups is 1. The van der Waals surface area contributed by atoms with Crippen LogP contribution in [0.4, 0.5) is 0 Å². The normalized spacial score (nSPS) is 14.3. The SMILES string of the molecule is C[C@@H](CCCC=O)O[Si](C)(C)C. The fourth-order valence-corrected chi connectivity index (χ4v) is 2.48. The van der Waals surface area contributed by atoms with Gasteiger partial charge in [0.1, 0.15) is 6.29 Å². The molecule has 0 spiro atoms. The molecule has 0 aliphatic rings. The molecule has 0 heterocycles. The van der Waals surface area contributed by atoms with Crippen molar-refractivity contribution < 1.29 is 9.22 Å². The molecule has 0 N–H and O–H groups in total. The Bertz CT molecular complexity index is 129. The fourth-order valence-electron chi connectivity index (χ4n) is 1.15. The lowest BCUT2D eigenvalue weighted by Gasteiger charge is -2.23. The quantitative estimate of drug-likeness (QED) is 0.364. The van der Waals surface area contributed by atoms with E-state index in [1.807, 2.05) is 0 Å². The Morgan fingerprint density at radius 3 is 2.42 bits per heavy atom. The van der Waals surface area contributed by atoms with Crippen LogP contribution in [0, 0.1) is 0 Å². The van der Waals surface area contributed by atoms with Gasteiger partial charge in [-0.25, -0.2) is 0 Å². The van der Waals surface area contributed by atoms with Gasteiger partial charge in [0.25, 0.3) is 0 Å². The van der Waals surface area contributed by atoms with Gasteiger partial charge in [-0.2, -0.15) is 0 Å². The summed E-state index contributed by atoms with van der Waals surface area (Å²) in [6.45, 7) is 8.64. The third kappa shape index (κ3) is 7.95. The lowest BCUT2D eigenvalue weighted by molar-refractivity contribution is -0.108. The molecule has 1 atom stereocenters. The molecule has 0 unspecified atom stereocenters. The summed E-state index contributed by atoms with van der Waals surface area (Å²) in [6, 6.07) is 0. The highest BCUT2D eigenvalue weighted by Crippen LogP contribution is 2.11. The van der Waals surface area contributed by atoms with Crippen LogP contribution in [0.5, 0.6) is 0 Å². The maximum Gasteiger partial charge on any atom is 0.184 e. The van der Waals surface area contributed by atoms with Gasteiger partial charge in [0.05, 0.1) is 0 Å². The summed E-state index contributed by atoms with van der Waals surface area (Å²) < 4.78 is 5.81. The second kappa shape index (κ2) is 5.49. The molecule has 0 saturated heterocycles. The van der Waals surface area contributed by atoms with Crippen LogP contribution in [0.15, 0.2) is 0 Å². The monoisotopic (exact) mass is 188 g/mol. The van der Waals surface area contributed by atoms with Gasteiger partial charge >= 0.3 is 0 Å². The average Bonchev–Trinajstić information content (AvgIpc) is 1.84. The molecule has 2 nitrogen and oxygen atoms in total. The fraction of sp³-hybridized carbons (Fsp3) is 0.889. The van der Waals surface area contributed by atoms with Gasteiger partial charge in [-0.15, -0.1) is 0 Å². The number of unbranched alkanes of at least 4 members (excludes halogenated alkanes) is 1. The first-order valence-corrected chi connectivity index (χ1v) is 7.98. The van der Waals surface area contributed by atoms with Crippen molar-refractivity contribution in [2.24, 2.45) is 0 Å². The molecule has 0 bridgehead atoms. The van der Waals surface area contributed by atoms with E-state index < -0.39 is 8.32 Å². The van der Waals surface area contributed by atoms with Crippen LogP contribution >= 0.6 is 0 Å². The molecule has 0 fully saturated rings. The van der Waals surface area contributed by atoms with Crippen LogP contribution in [0.2, 0.25) is 19.6 Å². The van der Waals surface area contributed by atoms with E-state index in [0.717, 1.165) is 19.1 Å². The van der Waals surface area contributed by atoms with Crippen molar-refractivity contribution in [2.45, 2.75) is 51.9 Å². The number of rotatable bonds is 6. The Hall–Kier alpha value is -0.153. The highest BCUT2D eigenvalue weighted by atomic mass is 28.4. The van der Waals surface area contributed by atoms with E-state index in [1.54, 1.807) is 0 Å². The molecule has 0 aromatic heterocycles. The predicted molar refractivity (Wildman–Crippen MR) is 53.8 cm³/mol. The second-order valence-corrected chi connectivity index (χ2v) is 8.60. The van der Waals surface area contributed by atoms with Crippen molar-refractivity contribution in [3.63, 3.8) is 0 Å². The van der Waals surface area contributed by atoms with E-state index in [4.69, 9.17) is 4.43 Å². The van der Waals surface area contributed by atoms with Gasteiger partial charge in [0.2, 0.25) is 0 Å². The molecule has 0 rings (SSSR count). The van der Waals surface area contributed by atoms with Gasteiger partial charge < -0.3 is 9.22 Å². The van der Waals surface area contributed by atoms with E-state index in [1.165, 1.54) is 0 Å². The third-order valence-electron chi connectivity index (χ3n) is 1.49. The van der Waals surface area contributed by atoms with E-state index >= 15 is 0 Å². The Labute approximate surface area is 76.4 Å². The zero-order chi connectivity index (χ0) is 9.61. The lowest BCUT2D eigenvalue weighted by atomic mass is 10.2. The van der Waals surface area contributed by atoms with E-state index in [9.17, 15) is 4.79 Å². The van der Waals surface area contributed by atoms with E-state index in [2.05, 4.69) is 26.6 Å². The third-order valence-corrected chi connectivity index (χ3v) is 2.60. The number of aldehydes is 1. The molecular formula is C9H20O2Si. The second-order valence-electron chi connectivity index (χ2n) is 4.14. The first-order valence-electron chi connectivity index (χ1n) is 4.57. The molecule has 0 radical (unpaired) electrons. The molecule has 3 heteroatoms. The van der Waals surface area contributed by atoms with Crippen molar-refractivity contribution in [3.05, 3.63) is 0 Å². The number of hydrogen-bond donors (Lipinski definition) is 0. The topological polar surface area (TPSA) is 26.3 Å². The van der Waals surface area contributed by atoms with Crippen LogP contribution in [0.3, 0.4) is 0 Å². The lowest BCUT2D eigenvalue weighted by Crippen LogP contribution is -2.30. The zero-order valence-electron chi connectivity index (χ0n) is 8.59. The summed E-state index contributed by atoms with van der Waals surface area (Å²) >= 11 is 0. The Morgan fingerprint density at radius 1 is 1.42 bits per heavy atom. The molecule has 0 aliphatic heterocycles. The van der Waals surface area contributed by atoms with Crippen LogP contribution < -0.4 is 0 Å². The maximum atomic E-state index is 10.0. The van der Waals surface area contributed by atoms with Crippen molar-refractivity contribution in [1.82, 2.24) is 0 Å². The largest absolute Gasteiger partial charge is 0.415 e. The molecule has 0 amide bonds. The molecule has 72 valence electrons. The highest BCUT2D eigenvalue weighted by Gasteiger charge is 2.17. The predicted octanol–water partition coefficient (Wildman–Crippen LogP) is 2.60. The first-order chi connectivity index (χ1) is 5.45. The molecule has 0 aromatic rings. The number of hydrogen-bond acceptors (Lipinski definition) is 2. The summed E-state index contributed by atoms with van der Waals surface area (Å²) in [6.07, 6.45) is 3.91. The minimum absolute atomic E-state index is 0.316. The Balaban J connectivity index is 3.46. The molecule has 0 aromatic carbocycles. The van der Waals surface area contributed by atoms with E-state index in [-0.39, 0.29) is 0 Å². The molecule has 12 heavy (non-hydrogen) atoms. The smallest absolute Gasteiger partial charge is 0.184 e. The minimum Gasteiger partial charge on any atom is -0.415 e. The van der Waals surface area contributed by atoms with Gasteiger partial charge in [-0.3, -0.25) is 0 Å². The van der Waals surface area contributed by atoms with Crippen LogP contribution in [0.25, 0.3) is 0 Å². The minimum atomic E-state index is -1.37. The average molecular weight is 188 g/mol. The van der Waals surface area contributed by atoms with Crippen LogP contribution in [-0.2, 0) is 9.22 Å².